The van der Waals surface area contributed by atoms with Gasteiger partial charge < -0.3 is 122 Å². The second kappa shape index (κ2) is 48.6. The summed E-state index contributed by atoms with van der Waals surface area (Å²) in [4.78, 5) is 272. The molecule has 1 aromatic carbocycles. The van der Waals surface area contributed by atoms with Gasteiger partial charge in [-0.15, -0.1) is 0 Å². The highest BCUT2D eigenvalue weighted by Crippen LogP contribution is 2.21. The number of cyclic esters (lactones) is 1. The SMILES string of the molecule is CCCCCCCCCCCC(=O)NC(Cc1c[nH]c2ccccc12)C(=O)NC(CC(N)=O)C(=O)NC(CC(=O)O)C(=O)NC1C(=O)NCC(=O)NC(CCCN)C(=O)NC(CC(=O)O)C(=O)NC(CC(N)=O)C(=O)NC(CC(=O)O)C(=O)NCC(=O)NC(CO)C(=O)NC(CCC(=O)O)C(=O)NC(C(C)C)C(=O)OC1C. The van der Waals surface area contributed by atoms with E-state index < -0.39 is 268 Å². The number of aliphatic carboxylic acids is 4. The monoisotopic (exact) mass is 1590 g/mol. The summed E-state index contributed by atoms with van der Waals surface area (Å²) >= 11 is 0. The number of ether oxygens (including phenoxy) is 1. The molecule has 43 heteroatoms. The zero-order valence-corrected chi connectivity index (χ0v) is 62.4. The summed E-state index contributed by atoms with van der Waals surface area (Å²) in [5.74, 6) is -29.4. The molecule has 1 aliphatic heterocycles. The Morgan fingerprint density at radius 3 is 1.54 bits per heavy atom. The number of esters is 1. The predicted molar refractivity (Wildman–Crippen MR) is 388 cm³/mol. The van der Waals surface area contributed by atoms with Crippen molar-refractivity contribution in [3.63, 3.8) is 0 Å². The normalized spacial score (nSPS) is 21.2. The zero-order valence-electron chi connectivity index (χ0n) is 62.4. The average Bonchev–Trinajstić information content (AvgIpc) is 1.67. The number of hydrogen-bond acceptors (Lipinski definition) is 23. The number of primary amides is 2. The lowest BCUT2D eigenvalue weighted by Gasteiger charge is -2.30. The van der Waals surface area contributed by atoms with Crippen LogP contribution in [0.25, 0.3) is 10.9 Å². The number of carbonyl (C=O) groups is 20. The summed E-state index contributed by atoms with van der Waals surface area (Å²) in [7, 11) is 0. The topological polar surface area (TPSA) is 702 Å². The number of benzene rings is 1. The third-order valence-electron chi connectivity index (χ3n) is 17.2. The molecule has 0 bridgehead atoms. The first-order chi connectivity index (χ1) is 52.9. The minimum Gasteiger partial charge on any atom is -0.481 e. The van der Waals surface area contributed by atoms with E-state index in [0.29, 0.717) is 29.3 Å². The molecule has 0 radical (unpaired) electrons. The third kappa shape index (κ3) is 34.3. The van der Waals surface area contributed by atoms with Crippen LogP contribution in [-0.2, 0) is 107 Å². The highest BCUT2D eigenvalue weighted by Gasteiger charge is 2.40. The van der Waals surface area contributed by atoms with Crippen molar-refractivity contribution in [3.05, 3.63) is 36.0 Å². The number of rotatable bonds is 37. The maximum absolute atomic E-state index is 14.6. The van der Waals surface area contributed by atoms with E-state index in [1.165, 1.54) is 13.8 Å². The van der Waals surface area contributed by atoms with E-state index in [1.54, 1.807) is 30.5 Å². The van der Waals surface area contributed by atoms with Crippen LogP contribution in [0, 0.1) is 5.92 Å². The minimum atomic E-state index is -2.34. The van der Waals surface area contributed by atoms with Crippen molar-refractivity contribution in [1.29, 1.82) is 0 Å². The van der Waals surface area contributed by atoms with Crippen molar-refractivity contribution in [1.82, 2.24) is 74.1 Å². The standard InChI is InChI=1S/C69H103N17O26/c1-5-6-7-8-9-10-11-12-13-20-50(90)77-41(24-36-30-73-38-18-15-14-17-37(36)38)62(104)80-43(26-49(72)89)64(106)84-46(29-56(99)100)66(108)86-58-35(4)112-69(111)57(34(2)3)85-61(103)40(21-22-53(93)94)79-67(109)47(33-87)78-52(92)31-74-59(101)44(27-54(95)96)82-63(105)42(25-48(71)88)81-65(107)45(28-55(97)98)83-60(102)39(19-16-23-70)76-51(91)32-75-68(58)110/h14-15,17-18,30,34-35,39-47,57-58,73,87H,5-13,16,19-29,31-33,70H2,1-4H3,(H2,71,88)(H2,72,89)(H,74,101)(H,75,110)(H,76,91)(H,77,90)(H,78,92)(H,79,109)(H,80,104)(H,81,107)(H,82,105)(H,83,102)(H,84,106)(H,85,103)(H,86,108)(H,93,94)(H,95,96)(H,97,98)(H,99,100). The Kier molecular flexibility index (Phi) is 40.9. The van der Waals surface area contributed by atoms with Crippen molar-refractivity contribution in [3.8, 4) is 0 Å². The molecule has 2 heterocycles. The van der Waals surface area contributed by atoms with Crippen LogP contribution in [0.4, 0.5) is 0 Å². The number of H-pyrrole nitrogens is 1. The van der Waals surface area contributed by atoms with Gasteiger partial charge in [0, 0.05) is 36.4 Å². The Hall–Kier alpha value is -11.9. The number of carboxylic acids is 4. The number of amides is 15. The molecule has 25 N–H and O–H groups in total. The van der Waals surface area contributed by atoms with Crippen LogP contribution in [0.2, 0.25) is 0 Å². The number of unbranched alkanes of at least 4 members (excludes halogenated alkanes) is 8. The summed E-state index contributed by atoms with van der Waals surface area (Å²) in [6, 6.07) is -15.5. The molecule has 12 atom stereocenters. The third-order valence-corrected chi connectivity index (χ3v) is 17.2. The number of aromatic amines is 1. The quantitative estimate of drug-likeness (QED) is 0.0221. The lowest BCUT2D eigenvalue weighted by atomic mass is 10.0. The Labute approximate surface area is 641 Å². The van der Waals surface area contributed by atoms with E-state index >= 15 is 0 Å². The van der Waals surface area contributed by atoms with Gasteiger partial charge in [0.1, 0.15) is 72.6 Å². The highest BCUT2D eigenvalue weighted by molar-refractivity contribution is 6.02. The molecule has 1 fully saturated rings. The number of nitrogens with two attached hydrogens (primary N) is 3. The molecule has 1 aromatic heterocycles. The molecule has 0 spiro atoms. The fourth-order valence-electron chi connectivity index (χ4n) is 11.3. The molecule has 620 valence electrons. The molecule has 0 aliphatic carbocycles. The summed E-state index contributed by atoms with van der Waals surface area (Å²) in [6.45, 7) is 1.83. The number of para-hydroxylation sites is 1. The minimum absolute atomic E-state index is 0.00354. The molecule has 0 saturated carbocycles. The first kappa shape index (κ1) is 94.3. The van der Waals surface area contributed by atoms with Crippen LogP contribution in [0.5, 0.6) is 0 Å². The molecule has 112 heavy (non-hydrogen) atoms. The number of aliphatic hydroxyl groups excluding tert-OH is 1. The number of carbonyl (C=O) groups excluding carboxylic acids is 16. The van der Waals surface area contributed by atoms with E-state index in [1.807, 2.05) is 21.3 Å². The van der Waals surface area contributed by atoms with Gasteiger partial charge in [-0.1, -0.05) is 90.3 Å². The van der Waals surface area contributed by atoms with Gasteiger partial charge in [-0.3, -0.25) is 91.1 Å². The van der Waals surface area contributed by atoms with Crippen LogP contribution in [0.15, 0.2) is 30.5 Å². The number of fused-ring (bicyclic) bond motifs is 1. The Balaban J connectivity index is 2.18. The molecule has 43 nitrogen and oxygen atoms in total. The second-order valence-corrected chi connectivity index (χ2v) is 26.8. The fourth-order valence-corrected chi connectivity index (χ4v) is 11.3. The van der Waals surface area contributed by atoms with E-state index in [-0.39, 0.29) is 25.8 Å². The van der Waals surface area contributed by atoms with E-state index in [4.69, 9.17) is 21.9 Å². The molecular formula is C69H103N17O26. The number of aromatic nitrogens is 1. The van der Waals surface area contributed by atoms with Crippen molar-refractivity contribution in [2.75, 3.05) is 26.2 Å². The summed E-state index contributed by atoms with van der Waals surface area (Å²) in [6.07, 6.45) is -0.498. The van der Waals surface area contributed by atoms with Gasteiger partial charge in [-0.05, 0) is 56.7 Å². The van der Waals surface area contributed by atoms with Gasteiger partial charge >= 0.3 is 29.8 Å². The number of carboxylic acid groups (broad SMARTS) is 4. The van der Waals surface area contributed by atoms with Crippen molar-refractivity contribution in [2.24, 2.45) is 23.1 Å². The summed E-state index contributed by atoms with van der Waals surface area (Å²) in [5, 5.41) is 78.0. The van der Waals surface area contributed by atoms with E-state index in [2.05, 4.69) is 59.8 Å². The maximum atomic E-state index is 14.6. The molecular weight excluding hydrogens is 1480 g/mol. The first-order valence-corrected chi connectivity index (χ1v) is 36.2. The van der Waals surface area contributed by atoms with E-state index in [0.717, 1.165) is 51.9 Å². The number of aliphatic hydroxyl groups is 1. The largest absolute Gasteiger partial charge is 0.481 e. The summed E-state index contributed by atoms with van der Waals surface area (Å²) in [5.41, 5.74) is 17.8. The van der Waals surface area contributed by atoms with Gasteiger partial charge in [0.05, 0.1) is 51.8 Å². The lowest BCUT2D eigenvalue weighted by molar-refractivity contribution is -0.157. The first-order valence-electron chi connectivity index (χ1n) is 36.2. The Bertz CT molecular complexity index is 3700. The molecule has 3 rings (SSSR count). The zero-order chi connectivity index (χ0) is 83.9. The van der Waals surface area contributed by atoms with Gasteiger partial charge in [0.25, 0.3) is 0 Å². The van der Waals surface area contributed by atoms with Crippen LogP contribution in [0.1, 0.15) is 155 Å². The number of nitrogens with one attached hydrogen (secondary N) is 14. The molecule has 12 unspecified atom stereocenters. The maximum Gasteiger partial charge on any atom is 0.329 e. The smallest absolute Gasteiger partial charge is 0.329 e. The van der Waals surface area contributed by atoms with Crippen LogP contribution < -0.4 is 86.3 Å². The Morgan fingerprint density at radius 2 is 1.01 bits per heavy atom. The van der Waals surface area contributed by atoms with Crippen LogP contribution in [0.3, 0.4) is 0 Å². The van der Waals surface area contributed by atoms with Crippen molar-refractivity contribution in [2.45, 2.75) is 229 Å². The number of hydrogen-bond donors (Lipinski definition) is 22. The molecule has 1 saturated heterocycles. The van der Waals surface area contributed by atoms with Crippen LogP contribution >= 0.6 is 0 Å². The Morgan fingerprint density at radius 1 is 0.518 bits per heavy atom. The van der Waals surface area contributed by atoms with Gasteiger partial charge in [0.2, 0.25) is 88.6 Å². The van der Waals surface area contributed by atoms with E-state index in [9.17, 15) is 121 Å². The molecule has 15 amide bonds. The lowest BCUT2D eigenvalue weighted by Crippen LogP contribution is -2.62. The van der Waals surface area contributed by atoms with Gasteiger partial charge in [-0.2, -0.15) is 0 Å². The van der Waals surface area contributed by atoms with Crippen molar-refractivity contribution >= 4 is 129 Å². The van der Waals surface area contributed by atoms with Crippen molar-refractivity contribution < 1.29 is 126 Å². The predicted octanol–water partition coefficient (Wildman–Crippen LogP) is -6.43. The molecule has 2 aromatic rings. The molecule has 1 aliphatic rings. The van der Waals surface area contributed by atoms with Gasteiger partial charge in [0.15, 0.2) is 0 Å². The highest BCUT2D eigenvalue weighted by atomic mass is 16.5. The average molecular weight is 1590 g/mol. The van der Waals surface area contributed by atoms with Crippen LogP contribution in [-0.4, -0.2) is 248 Å². The summed E-state index contributed by atoms with van der Waals surface area (Å²) < 4.78 is 5.63. The van der Waals surface area contributed by atoms with Gasteiger partial charge in [-0.25, -0.2) is 4.79 Å². The fraction of sp³-hybridized carbons (Fsp3) is 0.594. The second-order valence-electron chi connectivity index (χ2n) is 26.8.